The predicted octanol–water partition coefficient (Wildman–Crippen LogP) is 3.74. The van der Waals surface area contributed by atoms with Crippen LogP contribution < -0.4 is 11.1 Å². The molecular weight excluding hydrogens is 240 g/mol. The monoisotopic (exact) mass is 264 g/mol. The van der Waals surface area contributed by atoms with Crippen molar-refractivity contribution in [3.05, 3.63) is 23.3 Å². The van der Waals surface area contributed by atoms with E-state index in [2.05, 4.69) is 26.1 Å². The second-order valence-corrected chi connectivity index (χ2v) is 4.53. The number of hydrogen-bond acceptors (Lipinski definition) is 3. The highest BCUT2D eigenvalue weighted by atomic mass is 16.5. The zero-order chi connectivity index (χ0) is 14.3. The van der Waals surface area contributed by atoms with E-state index in [1.807, 2.05) is 12.1 Å². The molecule has 19 heavy (non-hydrogen) atoms. The number of anilines is 2. The molecule has 106 valence electrons. The lowest BCUT2D eigenvalue weighted by Crippen LogP contribution is -2.15. The molecule has 0 fully saturated rings. The third kappa shape index (κ3) is 4.47. The molecule has 1 rings (SSSR count). The van der Waals surface area contributed by atoms with Crippen molar-refractivity contribution in [2.24, 2.45) is 0 Å². The van der Waals surface area contributed by atoms with E-state index in [-0.39, 0.29) is 0 Å². The summed E-state index contributed by atoms with van der Waals surface area (Å²) in [4.78, 5) is 11.6. The summed E-state index contributed by atoms with van der Waals surface area (Å²) >= 11 is 0. The Morgan fingerprint density at radius 1 is 1.21 bits per heavy atom. The molecule has 1 amide bonds. The molecule has 0 unspecified atom stereocenters. The molecule has 0 atom stereocenters. The molecule has 0 spiro atoms. The first-order valence-electron chi connectivity index (χ1n) is 6.97. The molecule has 0 heterocycles. The van der Waals surface area contributed by atoms with Crippen molar-refractivity contribution in [2.75, 3.05) is 17.7 Å². The second kappa shape index (κ2) is 7.67. The molecule has 1 aromatic carbocycles. The van der Waals surface area contributed by atoms with Gasteiger partial charge in [0.05, 0.1) is 6.61 Å². The molecule has 0 saturated heterocycles. The average molecular weight is 264 g/mol. The van der Waals surface area contributed by atoms with Gasteiger partial charge in [0.1, 0.15) is 0 Å². The van der Waals surface area contributed by atoms with Gasteiger partial charge in [-0.2, -0.15) is 0 Å². The van der Waals surface area contributed by atoms with Crippen LogP contribution >= 0.6 is 0 Å². The van der Waals surface area contributed by atoms with Gasteiger partial charge >= 0.3 is 6.09 Å². The lowest BCUT2D eigenvalue weighted by molar-refractivity contribution is 0.160. The minimum atomic E-state index is -0.401. The Morgan fingerprint density at radius 2 is 1.79 bits per heavy atom. The van der Waals surface area contributed by atoms with E-state index in [1.54, 1.807) is 0 Å². The van der Waals surface area contributed by atoms with Crippen LogP contribution in [-0.4, -0.2) is 12.7 Å². The first kappa shape index (κ1) is 15.3. The molecule has 0 bridgehead atoms. The van der Waals surface area contributed by atoms with Crippen LogP contribution in [0.3, 0.4) is 0 Å². The van der Waals surface area contributed by atoms with Gasteiger partial charge in [0.2, 0.25) is 0 Å². The minimum Gasteiger partial charge on any atom is -0.449 e. The zero-order valence-corrected chi connectivity index (χ0v) is 12.1. The number of aryl methyl sites for hydroxylation is 2. The van der Waals surface area contributed by atoms with Gasteiger partial charge in [-0.3, -0.25) is 5.32 Å². The number of rotatable bonds is 6. The summed E-state index contributed by atoms with van der Waals surface area (Å²) in [6.07, 6.45) is 3.19. The fourth-order valence-electron chi connectivity index (χ4n) is 1.90. The van der Waals surface area contributed by atoms with Gasteiger partial charge in [-0.25, -0.2) is 4.79 Å². The lowest BCUT2D eigenvalue weighted by Gasteiger charge is -2.13. The number of nitrogen functional groups attached to an aromatic ring is 1. The number of benzene rings is 1. The highest BCUT2D eigenvalue weighted by molar-refractivity contribution is 5.85. The Labute approximate surface area is 115 Å². The summed E-state index contributed by atoms with van der Waals surface area (Å²) in [6, 6.07) is 3.82. The Bertz CT molecular complexity index is 405. The summed E-state index contributed by atoms with van der Waals surface area (Å²) < 4.78 is 5.08. The van der Waals surface area contributed by atoms with Crippen molar-refractivity contribution in [1.29, 1.82) is 0 Å². The molecule has 0 aliphatic carbocycles. The number of nitrogens with two attached hydrogens (primary N) is 1. The van der Waals surface area contributed by atoms with Crippen LogP contribution in [0.2, 0.25) is 0 Å². The zero-order valence-electron chi connectivity index (χ0n) is 12.1. The van der Waals surface area contributed by atoms with Gasteiger partial charge in [-0.15, -0.1) is 0 Å². The number of nitrogens with one attached hydrogen (secondary N) is 1. The minimum absolute atomic E-state index is 0.401. The fraction of sp³-hybridized carbons (Fsp3) is 0.533. The summed E-state index contributed by atoms with van der Waals surface area (Å²) in [5, 5.41) is 2.76. The Morgan fingerprint density at radius 3 is 2.26 bits per heavy atom. The Kier molecular flexibility index (Phi) is 6.19. The van der Waals surface area contributed by atoms with Crippen molar-refractivity contribution < 1.29 is 9.53 Å². The van der Waals surface area contributed by atoms with Crippen molar-refractivity contribution in [3.8, 4) is 0 Å². The number of carbonyl (C=O) groups excluding carboxylic acids is 1. The third-order valence-corrected chi connectivity index (χ3v) is 3.09. The number of unbranched alkanes of at least 4 members (excludes halogenated alkanes) is 1. The molecule has 1 aromatic rings. The van der Waals surface area contributed by atoms with Crippen LogP contribution in [0.1, 0.15) is 44.7 Å². The van der Waals surface area contributed by atoms with Crippen molar-refractivity contribution in [1.82, 2.24) is 0 Å². The van der Waals surface area contributed by atoms with Crippen LogP contribution in [0.25, 0.3) is 0 Å². The van der Waals surface area contributed by atoms with Crippen molar-refractivity contribution in [3.63, 3.8) is 0 Å². The van der Waals surface area contributed by atoms with Crippen molar-refractivity contribution in [2.45, 2.75) is 46.5 Å². The topological polar surface area (TPSA) is 64.3 Å². The van der Waals surface area contributed by atoms with Gasteiger partial charge < -0.3 is 10.5 Å². The van der Waals surface area contributed by atoms with E-state index in [0.717, 1.165) is 48.2 Å². The van der Waals surface area contributed by atoms with Crippen LogP contribution in [0.15, 0.2) is 12.1 Å². The van der Waals surface area contributed by atoms with E-state index in [4.69, 9.17) is 10.5 Å². The standard InChI is InChI=1S/C15H24N2O2/c1-4-7-8-19-15(18)17-13-9-11(5-2)14(16)12(6-3)10-13/h9-10H,4-8,16H2,1-3H3,(H,17,18). The maximum atomic E-state index is 11.6. The second-order valence-electron chi connectivity index (χ2n) is 4.53. The Balaban J connectivity index is 2.75. The molecule has 0 aliphatic heterocycles. The van der Waals surface area contributed by atoms with E-state index in [1.165, 1.54) is 0 Å². The normalized spacial score (nSPS) is 10.3. The highest BCUT2D eigenvalue weighted by Gasteiger charge is 2.08. The molecule has 0 saturated carbocycles. The van der Waals surface area contributed by atoms with Gasteiger partial charge in [-0.1, -0.05) is 27.2 Å². The maximum absolute atomic E-state index is 11.6. The fourth-order valence-corrected chi connectivity index (χ4v) is 1.90. The first-order valence-corrected chi connectivity index (χ1v) is 6.97. The van der Waals surface area contributed by atoms with Crippen LogP contribution in [0.5, 0.6) is 0 Å². The molecule has 4 heteroatoms. The molecule has 0 radical (unpaired) electrons. The van der Waals surface area contributed by atoms with E-state index in [9.17, 15) is 4.79 Å². The largest absolute Gasteiger partial charge is 0.449 e. The third-order valence-electron chi connectivity index (χ3n) is 3.09. The smallest absolute Gasteiger partial charge is 0.411 e. The summed E-state index contributed by atoms with van der Waals surface area (Å²) in [6.45, 7) is 6.61. The molecule has 0 aliphatic rings. The molecule has 0 aromatic heterocycles. The number of carbonyl (C=O) groups is 1. The van der Waals surface area contributed by atoms with Crippen LogP contribution in [-0.2, 0) is 17.6 Å². The number of ether oxygens (including phenoxy) is 1. The maximum Gasteiger partial charge on any atom is 0.411 e. The summed E-state index contributed by atoms with van der Waals surface area (Å²) in [5.74, 6) is 0. The van der Waals surface area contributed by atoms with Gasteiger partial charge in [0, 0.05) is 11.4 Å². The van der Waals surface area contributed by atoms with Gasteiger partial charge in [0.25, 0.3) is 0 Å². The number of amides is 1. The van der Waals surface area contributed by atoms with E-state index in [0.29, 0.717) is 6.61 Å². The first-order chi connectivity index (χ1) is 9.12. The average Bonchev–Trinajstić information content (AvgIpc) is 2.40. The SMILES string of the molecule is CCCCOC(=O)Nc1cc(CC)c(N)c(CC)c1. The van der Waals surface area contributed by atoms with Gasteiger partial charge in [-0.05, 0) is 42.5 Å². The summed E-state index contributed by atoms with van der Waals surface area (Å²) in [5.41, 5.74) is 9.76. The van der Waals surface area contributed by atoms with E-state index >= 15 is 0 Å². The molecule has 4 nitrogen and oxygen atoms in total. The van der Waals surface area contributed by atoms with Gasteiger partial charge in [0.15, 0.2) is 0 Å². The van der Waals surface area contributed by atoms with E-state index < -0.39 is 6.09 Å². The number of hydrogen-bond donors (Lipinski definition) is 2. The highest BCUT2D eigenvalue weighted by Crippen LogP contribution is 2.24. The molecule has 3 N–H and O–H groups in total. The van der Waals surface area contributed by atoms with Crippen LogP contribution in [0.4, 0.5) is 16.2 Å². The van der Waals surface area contributed by atoms with Crippen LogP contribution in [0, 0.1) is 0 Å². The lowest BCUT2D eigenvalue weighted by atomic mass is 10.0. The predicted molar refractivity (Wildman–Crippen MR) is 79.5 cm³/mol. The summed E-state index contributed by atoms with van der Waals surface area (Å²) in [7, 11) is 0. The Hall–Kier alpha value is -1.71. The quantitative estimate of drug-likeness (QED) is 0.607. The molecular formula is C15H24N2O2. The van der Waals surface area contributed by atoms with Crippen molar-refractivity contribution >= 4 is 17.5 Å².